The highest BCUT2D eigenvalue weighted by molar-refractivity contribution is 6.33. The number of benzene rings is 1. The summed E-state index contributed by atoms with van der Waals surface area (Å²) in [5.41, 5.74) is -0.177. The molecule has 19 heavy (non-hydrogen) atoms. The lowest BCUT2D eigenvalue weighted by Gasteiger charge is -2.13. The lowest BCUT2D eigenvalue weighted by atomic mass is 10.1. The molecule has 0 N–H and O–H groups in total. The molecule has 0 saturated heterocycles. The fourth-order valence-electron chi connectivity index (χ4n) is 1.82. The highest BCUT2D eigenvalue weighted by Gasteiger charge is 2.40. The zero-order chi connectivity index (χ0) is 14.2. The molecule has 2 aromatic rings. The summed E-state index contributed by atoms with van der Waals surface area (Å²) < 4.78 is 40.1. The van der Waals surface area contributed by atoms with Gasteiger partial charge in [0.05, 0.1) is 5.02 Å². The third kappa shape index (κ3) is 2.61. The fraction of sp³-hybridized carbons (Fsp3) is 0.308. The van der Waals surface area contributed by atoms with Gasteiger partial charge in [-0.3, -0.25) is 4.68 Å². The minimum atomic E-state index is -4.53. The summed E-state index contributed by atoms with van der Waals surface area (Å²) in [6.45, 7) is 3.26. The van der Waals surface area contributed by atoms with Gasteiger partial charge in [0.25, 0.3) is 0 Å². The van der Waals surface area contributed by atoms with Gasteiger partial charge >= 0.3 is 6.18 Å². The van der Waals surface area contributed by atoms with Gasteiger partial charge in [0.15, 0.2) is 5.69 Å². The van der Waals surface area contributed by atoms with Gasteiger partial charge in [-0.05, 0) is 13.8 Å². The third-order valence-electron chi connectivity index (χ3n) is 2.66. The summed E-state index contributed by atoms with van der Waals surface area (Å²) in [6, 6.07) is 8.17. The van der Waals surface area contributed by atoms with E-state index >= 15 is 0 Å². The van der Waals surface area contributed by atoms with Gasteiger partial charge in [0.2, 0.25) is 0 Å². The smallest absolute Gasteiger partial charge is 0.256 e. The van der Waals surface area contributed by atoms with Crippen LogP contribution in [-0.2, 0) is 6.18 Å². The molecule has 0 saturated carbocycles. The molecule has 2 rings (SSSR count). The van der Waals surface area contributed by atoms with Gasteiger partial charge in [0.1, 0.15) is 5.69 Å². The molecular weight excluding hydrogens is 277 g/mol. The number of nitrogens with zero attached hydrogens (tertiary/aromatic N) is 2. The van der Waals surface area contributed by atoms with Crippen molar-refractivity contribution in [2.75, 3.05) is 0 Å². The number of alkyl halides is 3. The van der Waals surface area contributed by atoms with E-state index in [0.29, 0.717) is 5.56 Å². The first-order valence-electron chi connectivity index (χ1n) is 5.73. The second-order valence-electron chi connectivity index (χ2n) is 4.41. The van der Waals surface area contributed by atoms with Crippen LogP contribution in [0.15, 0.2) is 30.3 Å². The summed E-state index contributed by atoms with van der Waals surface area (Å²) in [7, 11) is 0. The van der Waals surface area contributed by atoms with Crippen LogP contribution in [-0.4, -0.2) is 9.78 Å². The molecule has 0 spiro atoms. The van der Waals surface area contributed by atoms with Crippen molar-refractivity contribution in [1.29, 1.82) is 0 Å². The Morgan fingerprint density at radius 3 is 2.16 bits per heavy atom. The molecule has 0 aliphatic heterocycles. The van der Waals surface area contributed by atoms with Crippen LogP contribution in [0.25, 0.3) is 11.3 Å². The van der Waals surface area contributed by atoms with Crippen molar-refractivity contribution in [3.8, 4) is 11.3 Å². The van der Waals surface area contributed by atoms with Gasteiger partial charge in [-0.2, -0.15) is 18.3 Å². The van der Waals surface area contributed by atoms with Crippen LogP contribution in [0.3, 0.4) is 0 Å². The van der Waals surface area contributed by atoms with Crippen LogP contribution in [0.5, 0.6) is 0 Å². The van der Waals surface area contributed by atoms with Crippen molar-refractivity contribution in [3.63, 3.8) is 0 Å². The van der Waals surface area contributed by atoms with E-state index in [4.69, 9.17) is 11.6 Å². The highest BCUT2D eigenvalue weighted by Crippen LogP contribution is 2.40. The molecular formula is C13H12ClF3N2. The quantitative estimate of drug-likeness (QED) is 0.776. The molecule has 1 aromatic heterocycles. The summed E-state index contributed by atoms with van der Waals surface area (Å²) >= 11 is 5.89. The zero-order valence-electron chi connectivity index (χ0n) is 10.4. The van der Waals surface area contributed by atoms with E-state index in [1.165, 1.54) is 0 Å². The van der Waals surface area contributed by atoms with E-state index < -0.39 is 17.9 Å². The Kier molecular flexibility index (Phi) is 3.58. The predicted molar refractivity (Wildman–Crippen MR) is 68.1 cm³/mol. The first kappa shape index (κ1) is 13.9. The lowest BCUT2D eigenvalue weighted by molar-refractivity contribution is -0.144. The summed E-state index contributed by atoms with van der Waals surface area (Å²) in [4.78, 5) is 0. The first-order valence-corrected chi connectivity index (χ1v) is 6.10. The largest absolute Gasteiger partial charge is 0.434 e. The molecule has 0 fully saturated rings. The predicted octanol–water partition coefficient (Wildman–Crippen LogP) is 4.80. The summed E-state index contributed by atoms with van der Waals surface area (Å²) in [6.07, 6.45) is -4.53. The van der Waals surface area contributed by atoms with Crippen LogP contribution in [0, 0.1) is 0 Å². The van der Waals surface area contributed by atoms with E-state index in [9.17, 15) is 13.2 Å². The van der Waals surface area contributed by atoms with E-state index in [-0.39, 0.29) is 10.7 Å². The Bertz CT molecular complexity index is 574. The molecule has 1 heterocycles. The Morgan fingerprint density at radius 1 is 1.16 bits per heavy atom. The van der Waals surface area contributed by atoms with Gasteiger partial charge in [-0.15, -0.1) is 0 Å². The number of hydrogen-bond acceptors (Lipinski definition) is 1. The van der Waals surface area contributed by atoms with E-state index in [1.54, 1.807) is 44.2 Å². The van der Waals surface area contributed by atoms with E-state index in [0.717, 1.165) is 4.68 Å². The van der Waals surface area contributed by atoms with E-state index in [2.05, 4.69) is 5.10 Å². The maximum atomic E-state index is 13.1. The summed E-state index contributed by atoms with van der Waals surface area (Å²) in [5.74, 6) is 0. The van der Waals surface area contributed by atoms with Crippen LogP contribution in [0.4, 0.5) is 13.2 Å². The van der Waals surface area contributed by atoms with Crippen molar-refractivity contribution in [1.82, 2.24) is 9.78 Å². The van der Waals surface area contributed by atoms with E-state index in [1.807, 2.05) is 0 Å². The minimum Gasteiger partial charge on any atom is -0.256 e. The van der Waals surface area contributed by atoms with Gasteiger partial charge in [-0.25, -0.2) is 0 Å². The number of hydrogen-bond donors (Lipinski definition) is 0. The molecule has 0 amide bonds. The van der Waals surface area contributed by atoms with Crippen LogP contribution < -0.4 is 0 Å². The lowest BCUT2D eigenvalue weighted by Crippen LogP contribution is -2.16. The number of rotatable bonds is 2. The van der Waals surface area contributed by atoms with Crippen LogP contribution in [0.2, 0.25) is 5.02 Å². The van der Waals surface area contributed by atoms with Crippen LogP contribution >= 0.6 is 11.6 Å². The van der Waals surface area contributed by atoms with Crippen molar-refractivity contribution in [2.45, 2.75) is 26.1 Å². The molecule has 6 heteroatoms. The Morgan fingerprint density at radius 2 is 1.74 bits per heavy atom. The normalized spacial score (nSPS) is 12.2. The van der Waals surface area contributed by atoms with Crippen LogP contribution in [0.1, 0.15) is 25.6 Å². The standard InChI is InChI=1S/C13H12ClF3N2/c1-8(2)19-12(13(15,16)17)10(14)11(18-19)9-6-4-3-5-7-9/h3-8H,1-2H3. The Hall–Kier alpha value is -1.49. The second kappa shape index (κ2) is 4.89. The van der Waals surface area contributed by atoms with Crippen molar-refractivity contribution < 1.29 is 13.2 Å². The molecule has 0 unspecified atom stereocenters. The molecule has 0 radical (unpaired) electrons. The van der Waals surface area contributed by atoms with Crippen molar-refractivity contribution in [3.05, 3.63) is 41.0 Å². The molecule has 102 valence electrons. The maximum Gasteiger partial charge on any atom is 0.434 e. The number of aromatic nitrogens is 2. The molecule has 0 aliphatic carbocycles. The highest BCUT2D eigenvalue weighted by atomic mass is 35.5. The zero-order valence-corrected chi connectivity index (χ0v) is 11.1. The molecule has 1 aromatic carbocycles. The second-order valence-corrected chi connectivity index (χ2v) is 4.79. The Labute approximate surface area is 113 Å². The SMILES string of the molecule is CC(C)n1nc(-c2ccccc2)c(Cl)c1C(F)(F)F. The molecule has 0 atom stereocenters. The average molecular weight is 289 g/mol. The topological polar surface area (TPSA) is 17.8 Å². The van der Waals surface area contributed by atoms with Crippen molar-refractivity contribution >= 4 is 11.6 Å². The minimum absolute atomic E-state index is 0.156. The molecule has 2 nitrogen and oxygen atoms in total. The van der Waals surface area contributed by atoms with Gasteiger partial charge in [0, 0.05) is 11.6 Å². The first-order chi connectivity index (χ1) is 8.82. The van der Waals surface area contributed by atoms with Gasteiger partial charge < -0.3 is 0 Å². The monoisotopic (exact) mass is 288 g/mol. The maximum absolute atomic E-state index is 13.1. The summed E-state index contributed by atoms with van der Waals surface area (Å²) in [5, 5.41) is 3.66. The molecule has 0 aliphatic rings. The third-order valence-corrected chi connectivity index (χ3v) is 3.02. The fourth-order valence-corrected chi connectivity index (χ4v) is 2.16. The Balaban J connectivity index is 2.66. The molecule has 0 bridgehead atoms. The average Bonchev–Trinajstić information content (AvgIpc) is 2.68. The van der Waals surface area contributed by atoms with Gasteiger partial charge in [-0.1, -0.05) is 41.9 Å². The van der Waals surface area contributed by atoms with Crippen molar-refractivity contribution in [2.24, 2.45) is 0 Å². The number of halogens is 4.